The van der Waals surface area contributed by atoms with Crippen LogP contribution in [-0.4, -0.2) is 31.6 Å². The fourth-order valence-corrected chi connectivity index (χ4v) is 4.25. The molecule has 0 spiro atoms. The van der Waals surface area contributed by atoms with Crippen LogP contribution < -0.4 is 14.2 Å². The van der Waals surface area contributed by atoms with Crippen LogP contribution in [0.1, 0.15) is 62.6 Å². The summed E-state index contributed by atoms with van der Waals surface area (Å²) in [4.78, 5) is 4.94. The lowest BCUT2D eigenvalue weighted by molar-refractivity contribution is 0.0672. The summed E-state index contributed by atoms with van der Waals surface area (Å²) in [6.07, 6.45) is 9.17. The minimum atomic E-state index is 0.149. The molecule has 1 saturated carbocycles. The average molecular weight is 452 g/mol. The molecule has 1 fully saturated rings. The fourth-order valence-electron chi connectivity index (χ4n) is 4.25. The van der Waals surface area contributed by atoms with E-state index in [4.69, 9.17) is 19.0 Å². The molecule has 0 aromatic heterocycles. The van der Waals surface area contributed by atoms with Crippen molar-refractivity contribution in [3.8, 4) is 17.2 Å². The maximum Gasteiger partial charge on any atom is 0.125 e. The Hall–Kier alpha value is -2.95. The molecule has 0 radical (unpaired) electrons. The minimum absolute atomic E-state index is 0.149. The first-order valence-electron chi connectivity index (χ1n) is 11.9. The van der Waals surface area contributed by atoms with Gasteiger partial charge in [0.05, 0.1) is 5.71 Å². The zero-order valence-electron chi connectivity index (χ0n) is 20.6. The van der Waals surface area contributed by atoms with E-state index < -0.39 is 0 Å². The highest BCUT2D eigenvalue weighted by atomic mass is 16.6. The van der Waals surface area contributed by atoms with E-state index >= 15 is 0 Å². The summed E-state index contributed by atoms with van der Waals surface area (Å²) in [5.74, 6) is 2.73. The predicted octanol–water partition coefficient (Wildman–Crippen LogP) is 6.79. The molecule has 0 heterocycles. The molecule has 0 aliphatic heterocycles. The lowest BCUT2D eigenvalue weighted by atomic mass is 9.94. The van der Waals surface area contributed by atoms with Gasteiger partial charge in [-0.2, -0.15) is 0 Å². The molecule has 0 amide bonds. The molecule has 2 atom stereocenters. The highest BCUT2D eigenvalue weighted by molar-refractivity contribution is 6.00. The van der Waals surface area contributed by atoms with E-state index in [9.17, 15) is 0 Å². The zero-order chi connectivity index (χ0) is 23.6. The number of allylic oxidation sites excluding steroid dienone is 1. The first-order valence-corrected chi connectivity index (χ1v) is 11.9. The van der Waals surface area contributed by atoms with Crippen LogP contribution in [-0.2, 0) is 4.84 Å². The third-order valence-electron chi connectivity index (χ3n) is 5.90. The smallest absolute Gasteiger partial charge is 0.125 e. The number of nitrogens with zero attached hydrogens (tertiary/aromatic N) is 1. The molecule has 178 valence electrons. The molecule has 1 aliphatic rings. The largest absolute Gasteiger partial charge is 0.490 e. The van der Waals surface area contributed by atoms with Crippen LogP contribution in [0.5, 0.6) is 17.2 Å². The van der Waals surface area contributed by atoms with E-state index in [1.54, 1.807) is 7.11 Å². The van der Waals surface area contributed by atoms with Gasteiger partial charge < -0.3 is 19.0 Å². The zero-order valence-corrected chi connectivity index (χ0v) is 20.6. The monoisotopic (exact) mass is 451 g/mol. The topological polar surface area (TPSA) is 49.3 Å². The SMILES string of the molecule is C/C=C/COc1cc(C)c(OC2CCCC(Oc3ccc(C(CC)=NOC)cc3)C2)c(C)c1. The van der Waals surface area contributed by atoms with Gasteiger partial charge in [0.25, 0.3) is 0 Å². The van der Waals surface area contributed by atoms with Gasteiger partial charge in [0.1, 0.15) is 43.2 Å². The van der Waals surface area contributed by atoms with Crippen molar-refractivity contribution in [2.24, 2.45) is 5.16 Å². The van der Waals surface area contributed by atoms with Gasteiger partial charge in [0.15, 0.2) is 0 Å². The quantitative estimate of drug-likeness (QED) is 0.227. The number of hydrogen-bond donors (Lipinski definition) is 0. The summed E-state index contributed by atoms with van der Waals surface area (Å²) < 4.78 is 18.6. The Morgan fingerprint density at radius 3 is 2.27 bits per heavy atom. The van der Waals surface area contributed by atoms with Crippen LogP contribution in [0.4, 0.5) is 0 Å². The third-order valence-corrected chi connectivity index (χ3v) is 5.90. The number of ether oxygens (including phenoxy) is 3. The van der Waals surface area contributed by atoms with Crippen LogP contribution in [0.2, 0.25) is 0 Å². The summed E-state index contributed by atoms with van der Waals surface area (Å²) in [5.41, 5.74) is 4.20. The Bertz CT molecular complexity index is 926. The van der Waals surface area contributed by atoms with E-state index in [0.29, 0.717) is 6.61 Å². The molecule has 33 heavy (non-hydrogen) atoms. The molecule has 0 bridgehead atoms. The van der Waals surface area contributed by atoms with E-state index in [-0.39, 0.29) is 12.2 Å². The number of oxime groups is 1. The highest BCUT2D eigenvalue weighted by Crippen LogP contribution is 2.33. The Morgan fingerprint density at radius 1 is 1.00 bits per heavy atom. The second kappa shape index (κ2) is 12.3. The van der Waals surface area contributed by atoms with Gasteiger partial charge in [-0.25, -0.2) is 0 Å². The van der Waals surface area contributed by atoms with Crippen molar-refractivity contribution < 1.29 is 19.0 Å². The lowest BCUT2D eigenvalue weighted by Crippen LogP contribution is -2.32. The Morgan fingerprint density at radius 2 is 1.67 bits per heavy atom. The van der Waals surface area contributed by atoms with E-state index in [1.807, 2.05) is 43.3 Å². The molecule has 0 saturated heterocycles. The van der Waals surface area contributed by atoms with Gasteiger partial charge in [-0.15, -0.1) is 0 Å². The van der Waals surface area contributed by atoms with Crippen molar-refractivity contribution in [3.63, 3.8) is 0 Å². The van der Waals surface area contributed by atoms with E-state index in [0.717, 1.165) is 71.8 Å². The molecule has 1 aliphatic carbocycles. The second-order valence-corrected chi connectivity index (χ2v) is 8.51. The first-order chi connectivity index (χ1) is 16.0. The molecule has 3 rings (SSSR count). The van der Waals surface area contributed by atoms with Gasteiger partial charge in [-0.3, -0.25) is 0 Å². The maximum absolute atomic E-state index is 6.48. The number of rotatable bonds is 10. The standard InChI is InChI=1S/C28H37NO4/c1-6-8-16-31-26-17-20(3)28(21(4)18-26)33-25-11-9-10-24(19-25)32-23-14-12-22(13-15-23)27(7-2)29-30-5/h6,8,12-15,17-18,24-25H,7,9-11,16,19H2,1-5H3/b8-6+,29-27?. The number of aryl methyl sites for hydroxylation is 2. The first kappa shape index (κ1) is 24.7. The van der Waals surface area contributed by atoms with Gasteiger partial charge in [-0.1, -0.05) is 24.2 Å². The van der Waals surface area contributed by atoms with Gasteiger partial charge in [-0.05, 0) is 99.5 Å². The summed E-state index contributed by atoms with van der Waals surface area (Å²) in [6.45, 7) is 8.81. The molecular formula is C28H37NO4. The van der Waals surface area contributed by atoms with Crippen molar-refractivity contribution >= 4 is 5.71 Å². The molecule has 5 heteroatoms. The van der Waals surface area contributed by atoms with Crippen molar-refractivity contribution in [1.82, 2.24) is 0 Å². The van der Waals surface area contributed by atoms with E-state index in [1.165, 1.54) is 0 Å². The molecular weight excluding hydrogens is 414 g/mol. The normalized spacial score (nSPS) is 18.9. The summed E-state index contributed by atoms with van der Waals surface area (Å²) in [5, 5.41) is 4.09. The number of hydrogen-bond acceptors (Lipinski definition) is 5. The molecule has 2 aromatic carbocycles. The summed E-state index contributed by atoms with van der Waals surface area (Å²) in [7, 11) is 1.57. The predicted molar refractivity (Wildman–Crippen MR) is 134 cm³/mol. The average Bonchev–Trinajstić information content (AvgIpc) is 2.81. The molecule has 0 N–H and O–H groups in total. The van der Waals surface area contributed by atoms with E-state index in [2.05, 4.69) is 38.1 Å². The molecule has 2 aromatic rings. The lowest BCUT2D eigenvalue weighted by Gasteiger charge is -2.31. The second-order valence-electron chi connectivity index (χ2n) is 8.51. The maximum atomic E-state index is 6.48. The summed E-state index contributed by atoms with van der Waals surface area (Å²) >= 11 is 0. The van der Waals surface area contributed by atoms with Gasteiger partial charge in [0.2, 0.25) is 0 Å². The Kier molecular flexibility index (Phi) is 9.23. The van der Waals surface area contributed by atoms with Crippen molar-refractivity contribution in [2.45, 2.75) is 72.0 Å². The van der Waals surface area contributed by atoms with Crippen molar-refractivity contribution in [3.05, 3.63) is 65.2 Å². The Balaban J connectivity index is 1.60. The van der Waals surface area contributed by atoms with Gasteiger partial charge >= 0.3 is 0 Å². The summed E-state index contributed by atoms with van der Waals surface area (Å²) in [6, 6.07) is 12.2. The third kappa shape index (κ3) is 7.01. The van der Waals surface area contributed by atoms with Crippen LogP contribution in [0, 0.1) is 13.8 Å². The van der Waals surface area contributed by atoms with Crippen LogP contribution >= 0.6 is 0 Å². The van der Waals surface area contributed by atoms with Gasteiger partial charge in [0, 0.05) is 6.42 Å². The Labute approximate surface area is 198 Å². The molecule has 2 unspecified atom stereocenters. The number of benzene rings is 2. The van der Waals surface area contributed by atoms with Crippen LogP contribution in [0.25, 0.3) is 0 Å². The minimum Gasteiger partial charge on any atom is -0.490 e. The van der Waals surface area contributed by atoms with Crippen LogP contribution in [0.3, 0.4) is 0 Å². The van der Waals surface area contributed by atoms with Crippen molar-refractivity contribution in [2.75, 3.05) is 13.7 Å². The molecule has 5 nitrogen and oxygen atoms in total. The fraction of sp³-hybridized carbons (Fsp3) is 0.464. The van der Waals surface area contributed by atoms with Crippen LogP contribution in [0.15, 0.2) is 53.7 Å². The highest BCUT2D eigenvalue weighted by Gasteiger charge is 2.26. The van der Waals surface area contributed by atoms with Crippen molar-refractivity contribution in [1.29, 1.82) is 0 Å².